The number of amides is 2. The summed E-state index contributed by atoms with van der Waals surface area (Å²) in [6.45, 7) is 3.32. The van der Waals surface area contributed by atoms with Crippen LogP contribution in [0.25, 0.3) is 10.1 Å². The molecule has 1 fully saturated rings. The van der Waals surface area contributed by atoms with Gasteiger partial charge in [-0.1, -0.05) is 49.6 Å². The Kier molecular flexibility index (Phi) is 7.14. The third-order valence-electron chi connectivity index (χ3n) is 5.25. The number of halogens is 1. The maximum absolute atomic E-state index is 12.4. The van der Waals surface area contributed by atoms with E-state index in [1.165, 1.54) is 24.7 Å². The fraction of sp³-hybridized carbons (Fsp3) is 0.476. The molecule has 0 unspecified atom stereocenters. The monoisotopic (exact) mass is 436 g/mol. The van der Waals surface area contributed by atoms with Crippen molar-refractivity contribution in [3.63, 3.8) is 0 Å². The minimum Gasteiger partial charge on any atom is -0.451 e. The molecule has 1 heterocycles. The molecule has 3 atom stereocenters. The van der Waals surface area contributed by atoms with E-state index in [1.54, 1.807) is 0 Å². The molecule has 0 radical (unpaired) electrons. The summed E-state index contributed by atoms with van der Waals surface area (Å²) in [7, 11) is 0. The van der Waals surface area contributed by atoms with Crippen LogP contribution in [0.3, 0.4) is 0 Å². The van der Waals surface area contributed by atoms with Crippen LogP contribution < -0.4 is 10.6 Å². The number of fused-ring (bicyclic) bond motifs is 1. The van der Waals surface area contributed by atoms with Crippen molar-refractivity contribution in [2.45, 2.75) is 51.7 Å². The molecule has 2 N–H and O–H groups in total. The first kappa shape index (κ1) is 21.6. The fourth-order valence-electron chi connectivity index (χ4n) is 3.52. The van der Waals surface area contributed by atoms with Gasteiger partial charge in [0.05, 0.1) is 5.02 Å². The van der Waals surface area contributed by atoms with Gasteiger partial charge in [0.25, 0.3) is 11.8 Å². The number of thiophene rings is 1. The molecule has 0 saturated heterocycles. The zero-order valence-corrected chi connectivity index (χ0v) is 18.1. The summed E-state index contributed by atoms with van der Waals surface area (Å²) >= 11 is 7.54. The smallest absolute Gasteiger partial charge is 0.326 e. The molecule has 0 aliphatic heterocycles. The number of carbonyl (C=O) groups is 3. The van der Waals surface area contributed by atoms with Crippen molar-refractivity contribution in [3.05, 3.63) is 34.2 Å². The maximum atomic E-state index is 12.4. The number of hydrogen-bond acceptors (Lipinski definition) is 5. The van der Waals surface area contributed by atoms with Crippen LogP contribution in [-0.2, 0) is 14.3 Å². The average Bonchev–Trinajstić information content (AvgIpc) is 3.05. The molecule has 3 rings (SSSR count). The number of nitrogens with one attached hydrogen (secondary N) is 2. The number of rotatable bonds is 6. The summed E-state index contributed by atoms with van der Waals surface area (Å²) in [6, 6.07) is 7.55. The molecule has 2 aromatic rings. The Morgan fingerprint density at radius 3 is 2.69 bits per heavy atom. The van der Waals surface area contributed by atoms with Gasteiger partial charge in [-0.3, -0.25) is 14.4 Å². The lowest BCUT2D eigenvalue weighted by atomic mass is 9.86. The van der Waals surface area contributed by atoms with Crippen LogP contribution in [-0.4, -0.2) is 36.5 Å². The third-order valence-corrected chi connectivity index (χ3v) is 6.93. The topological polar surface area (TPSA) is 84.5 Å². The Morgan fingerprint density at radius 2 is 1.97 bits per heavy atom. The molecule has 0 spiro atoms. The van der Waals surface area contributed by atoms with E-state index in [2.05, 4.69) is 17.6 Å². The highest BCUT2D eigenvalue weighted by atomic mass is 35.5. The Morgan fingerprint density at radius 1 is 1.24 bits per heavy atom. The van der Waals surface area contributed by atoms with E-state index in [1.807, 2.05) is 24.3 Å². The van der Waals surface area contributed by atoms with Gasteiger partial charge in [-0.2, -0.15) is 0 Å². The SMILES string of the molecule is C[C@H](OC(=O)CNC(=O)c1sc2ccccc2c1Cl)C(=O)N[C@H]1CCCC[C@@H]1C. The van der Waals surface area contributed by atoms with Crippen molar-refractivity contribution in [1.29, 1.82) is 0 Å². The molecule has 1 aliphatic carbocycles. The summed E-state index contributed by atoms with van der Waals surface area (Å²) in [4.78, 5) is 37.1. The number of ether oxygens (including phenoxy) is 1. The molecule has 29 heavy (non-hydrogen) atoms. The van der Waals surface area contributed by atoms with Gasteiger partial charge >= 0.3 is 5.97 Å². The highest BCUT2D eigenvalue weighted by molar-refractivity contribution is 7.21. The van der Waals surface area contributed by atoms with Gasteiger partial charge < -0.3 is 15.4 Å². The van der Waals surface area contributed by atoms with Crippen LogP contribution in [0.2, 0.25) is 5.02 Å². The Balaban J connectivity index is 1.49. The number of carbonyl (C=O) groups excluding carboxylic acids is 3. The van der Waals surface area contributed by atoms with Gasteiger partial charge in [0.2, 0.25) is 0 Å². The highest BCUT2D eigenvalue weighted by Crippen LogP contribution is 2.34. The molecule has 156 valence electrons. The first-order chi connectivity index (χ1) is 13.9. The first-order valence-electron chi connectivity index (χ1n) is 9.82. The van der Waals surface area contributed by atoms with Crippen molar-refractivity contribution in [2.75, 3.05) is 6.54 Å². The van der Waals surface area contributed by atoms with Gasteiger partial charge in [-0.15, -0.1) is 11.3 Å². The average molecular weight is 437 g/mol. The summed E-state index contributed by atoms with van der Waals surface area (Å²) in [5.74, 6) is -1.01. The molecule has 0 bridgehead atoms. The predicted molar refractivity (Wildman–Crippen MR) is 114 cm³/mol. The maximum Gasteiger partial charge on any atom is 0.326 e. The van der Waals surface area contributed by atoms with Crippen LogP contribution >= 0.6 is 22.9 Å². The van der Waals surface area contributed by atoms with Gasteiger partial charge in [-0.05, 0) is 31.7 Å². The Bertz CT molecular complexity index is 913. The zero-order valence-electron chi connectivity index (χ0n) is 16.5. The van der Waals surface area contributed by atoms with Crippen molar-refractivity contribution in [2.24, 2.45) is 5.92 Å². The van der Waals surface area contributed by atoms with E-state index in [-0.39, 0.29) is 18.5 Å². The molecular weight excluding hydrogens is 412 g/mol. The molecule has 1 saturated carbocycles. The molecule has 1 aromatic carbocycles. The van der Waals surface area contributed by atoms with E-state index in [4.69, 9.17) is 16.3 Å². The molecule has 6 nitrogen and oxygen atoms in total. The van der Waals surface area contributed by atoms with Gasteiger partial charge in [0.15, 0.2) is 6.10 Å². The summed E-state index contributed by atoms with van der Waals surface area (Å²) in [5.41, 5.74) is 0. The van der Waals surface area contributed by atoms with Gasteiger partial charge in [-0.25, -0.2) is 0 Å². The van der Waals surface area contributed by atoms with E-state index >= 15 is 0 Å². The minimum absolute atomic E-state index is 0.118. The van der Waals surface area contributed by atoms with Crippen LogP contribution in [0.15, 0.2) is 24.3 Å². The number of benzene rings is 1. The lowest BCUT2D eigenvalue weighted by Gasteiger charge is -2.30. The van der Waals surface area contributed by atoms with Crippen LogP contribution in [0.5, 0.6) is 0 Å². The Hall–Kier alpha value is -2.12. The van der Waals surface area contributed by atoms with E-state index in [0.717, 1.165) is 29.3 Å². The van der Waals surface area contributed by atoms with Crippen molar-refractivity contribution < 1.29 is 19.1 Å². The first-order valence-corrected chi connectivity index (χ1v) is 11.0. The molecule has 1 aromatic heterocycles. The molecule has 2 amide bonds. The lowest BCUT2D eigenvalue weighted by molar-refractivity contribution is -0.154. The number of hydrogen-bond donors (Lipinski definition) is 2. The van der Waals surface area contributed by atoms with Crippen molar-refractivity contribution >= 4 is 50.8 Å². The molecule has 1 aliphatic rings. The van der Waals surface area contributed by atoms with E-state index < -0.39 is 18.0 Å². The third kappa shape index (κ3) is 5.28. The van der Waals surface area contributed by atoms with E-state index in [9.17, 15) is 14.4 Å². The Labute approximate surface area is 178 Å². The van der Waals surface area contributed by atoms with Crippen molar-refractivity contribution in [1.82, 2.24) is 10.6 Å². The largest absolute Gasteiger partial charge is 0.451 e. The second-order valence-corrected chi connectivity index (χ2v) is 8.86. The number of esters is 1. The molecular formula is C21H25ClN2O4S. The van der Waals surface area contributed by atoms with Gasteiger partial charge in [0.1, 0.15) is 11.4 Å². The zero-order chi connectivity index (χ0) is 21.0. The van der Waals surface area contributed by atoms with Gasteiger partial charge in [0, 0.05) is 16.1 Å². The fourth-order valence-corrected chi connectivity index (χ4v) is 4.95. The van der Waals surface area contributed by atoms with Crippen LogP contribution in [0.4, 0.5) is 0 Å². The summed E-state index contributed by atoms with van der Waals surface area (Å²) < 4.78 is 6.06. The van der Waals surface area contributed by atoms with Crippen LogP contribution in [0, 0.1) is 5.92 Å². The lowest BCUT2D eigenvalue weighted by Crippen LogP contribution is -2.46. The highest BCUT2D eigenvalue weighted by Gasteiger charge is 2.26. The summed E-state index contributed by atoms with van der Waals surface area (Å²) in [5, 5.41) is 6.65. The normalized spacial score (nSPS) is 20.1. The minimum atomic E-state index is -0.915. The standard InChI is InChI=1S/C21H25ClN2O4S/c1-12-7-3-5-9-15(12)24-20(26)13(2)28-17(25)11-23-21(27)19-18(22)14-8-4-6-10-16(14)29-19/h4,6,8,10,12-13,15H,3,5,7,9,11H2,1-2H3,(H,23,27)(H,24,26)/t12-,13-,15-/m0/s1. The molecule has 8 heteroatoms. The predicted octanol–water partition coefficient (Wildman–Crippen LogP) is 3.91. The summed E-state index contributed by atoms with van der Waals surface area (Å²) in [6.07, 6.45) is 3.39. The quantitative estimate of drug-likeness (QED) is 0.672. The van der Waals surface area contributed by atoms with Crippen LogP contribution in [0.1, 0.15) is 49.2 Å². The van der Waals surface area contributed by atoms with E-state index in [0.29, 0.717) is 15.8 Å². The van der Waals surface area contributed by atoms with Crippen molar-refractivity contribution in [3.8, 4) is 0 Å². The second-order valence-electron chi connectivity index (χ2n) is 7.43. The second kappa shape index (κ2) is 9.59.